The average Bonchev–Trinajstić information content (AvgIpc) is 3.05. The molecule has 0 aliphatic heterocycles. The van der Waals surface area contributed by atoms with E-state index >= 15 is 0 Å². The number of alkyl halides is 3. The third-order valence-corrected chi connectivity index (χ3v) is 4.11. The van der Waals surface area contributed by atoms with Gasteiger partial charge < -0.3 is 0 Å². The third kappa shape index (κ3) is 3.01. The first-order chi connectivity index (χ1) is 12.4. The van der Waals surface area contributed by atoms with Gasteiger partial charge in [-0.3, -0.25) is 4.98 Å². The van der Waals surface area contributed by atoms with Gasteiger partial charge in [-0.05, 0) is 6.07 Å². The van der Waals surface area contributed by atoms with Crippen LogP contribution in [0.5, 0.6) is 0 Å². The van der Waals surface area contributed by atoms with E-state index in [1.165, 1.54) is 6.20 Å². The molecule has 0 saturated heterocycles. The van der Waals surface area contributed by atoms with Gasteiger partial charge in [0.15, 0.2) is 5.65 Å². The van der Waals surface area contributed by atoms with E-state index in [0.717, 1.165) is 23.5 Å². The van der Waals surface area contributed by atoms with Crippen LogP contribution >= 0.6 is 11.6 Å². The minimum Gasteiger partial charge on any atom is -0.254 e. The predicted molar refractivity (Wildman–Crippen MR) is 91.7 cm³/mol. The molecule has 0 aliphatic rings. The molecule has 0 fully saturated rings. The van der Waals surface area contributed by atoms with Crippen LogP contribution in [0, 0.1) is 0 Å². The Hall–Kier alpha value is -2.93. The lowest BCUT2D eigenvalue weighted by molar-refractivity contribution is -0.137. The molecule has 0 aliphatic carbocycles. The maximum Gasteiger partial charge on any atom is 0.417 e. The van der Waals surface area contributed by atoms with E-state index in [4.69, 9.17) is 11.6 Å². The smallest absolute Gasteiger partial charge is 0.254 e. The number of halogens is 4. The molecule has 0 spiro atoms. The van der Waals surface area contributed by atoms with Crippen molar-refractivity contribution in [2.24, 2.45) is 0 Å². The van der Waals surface area contributed by atoms with Crippen LogP contribution in [0.4, 0.5) is 13.2 Å². The molecule has 0 N–H and O–H groups in total. The summed E-state index contributed by atoms with van der Waals surface area (Å²) in [6.45, 7) is 0. The summed E-state index contributed by atoms with van der Waals surface area (Å²) in [7, 11) is 0. The lowest BCUT2D eigenvalue weighted by Crippen LogP contribution is -2.06. The van der Waals surface area contributed by atoms with E-state index in [1.807, 2.05) is 36.4 Å². The van der Waals surface area contributed by atoms with Crippen molar-refractivity contribution < 1.29 is 13.2 Å². The molecule has 4 nitrogen and oxygen atoms in total. The van der Waals surface area contributed by atoms with E-state index < -0.39 is 11.7 Å². The van der Waals surface area contributed by atoms with Crippen LogP contribution in [0.2, 0.25) is 5.02 Å². The van der Waals surface area contributed by atoms with E-state index in [1.54, 1.807) is 10.7 Å². The maximum absolute atomic E-state index is 12.7. The van der Waals surface area contributed by atoms with Crippen molar-refractivity contribution in [3.05, 3.63) is 71.6 Å². The minimum atomic E-state index is -4.50. The van der Waals surface area contributed by atoms with Gasteiger partial charge in [-0.15, -0.1) is 0 Å². The van der Waals surface area contributed by atoms with Gasteiger partial charge in [0.25, 0.3) is 0 Å². The van der Waals surface area contributed by atoms with Crippen LogP contribution in [-0.4, -0.2) is 19.6 Å². The van der Waals surface area contributed by atoms with Crippen molar-refractivity contribution in [2.45, 2.75) is 6.18 Å². The Labute approximate surface area is 150 Å². The molecule has 0 amide bonds. The van der Waals surface area contributed by atoms with Gasteiger partial charge in [0.2, 0.25) is 0 Å². The van der Waals surface area contributed by atoms with Crippen LogP contribution in [0.3, 0.4) is 0 Å². The number of benzene rings is 1. The number of nitrogens with zero attached hydrogens (tertiary/aromatic N) is 4. The number of hydrogen-bond acceptors (Lipinski definition) is 3. The average molecular weight is 375 g/mol. The second kappa shape index (κ2) is 6.10. The van der Waals surface area contributed by atoms with E-state index in [2.05, 4.69) is 15.1 Å². The lowest BCUT2D eigenvalue weighted by Gasteiger charge is -2.09. The largest absolute Gasteiger partial charge is 0.417 e. The lowest BCUT2D eigenvalue weighted by atomic mass is 10.1. The highest BCUT2D eigenvalue weighted by molar-refractivity contribution is 6.33. The zero-order valence-corrected chi connectivity index (χ0v) is 13.8. The molecular weight excluding hydrogens is 365 g/mol. The second-order valence-electron chi connectivity index (χ2n) is 5.59. The maximum atomic E-state index is 12.7. The Kier molecular flexibility index (Phi) is 3.88. The zero-order valence-electron chi connectivity index (χ0n) is 13.1. The van der Waals surface area contributed by atoms with Crippen molar-refractivity contribution in [3.8, 4) is 22.5 Å². The van der Waals surface area contributed by atoms with E-state index in [9.17, 15) is 13.2 Å². The number of rotatable bonds is 2. The highest BCUT2D eigenvalue weighted by Crippen LogP contribution is 2.34. The van der Waals surface area contributed by atoms with Crippen molar-refractivity contribution in [3.63, 3.8) is 0 Å². The standard InChI is InChI=1S/C18H10ClF3N4/c19-14-6-13(18(20,21)22)9-24-17(14)12-8-23-16-7-15(25-26(16)10-12)11-4-2-1-3-5-11/h1-10H. The Morgan fingerprint density at radius 2 is 1.69 bits per heavy atom. The minimum absolute atomic E-state index is 0.101. The molecular formula is C18H10ClF3N4. The molecule has 0 bridgehead atoms. The van der Waals surface area contributed by atoms with Crippen LogP contribution in [-0.2, 0) is 6.18 Å². The number of fused-ring (bicyclic) bond motifs is 1. The van der Waals surface area contributed by atoms with Crippen LogP contribution in [0.1, 0.15) is 5.56 Å². The van der Waals surface area contributed by atoms with Gasteiger partial charge >= 0.3 is 6.18 Å². The Morgan fingerprint density at radius 1 is 0.923 bits per heavy atom. The summed E-state index contributed by atoms with van der Waals surface area (Å²) in [5.41, 5.74) is 2.07. The number of aromatic nitrogens is 4. The molecule has 4 aromatic rings. The molecule has 0 atom stereocenters. The third-order valence-electron chi connectivity index (χ3n) is 3.82. The van der Waals surface area contributed by atoms with Crippen LogP contribution in [0.25, 0.3) is 28.2 Å². The fourth-order valence-electron chi connectivity index (χ4n) is 2.55. The molecule has 3 aromatic heterocycles. The summed E-state index contributed by atoms with van der Waals surface area (Å²) in [6, 6.07) is 12.3. The highest BCUT2D eigenvalue weighted by atomic mass is 35.5. The Morgan fingerprint density at radius 3 is 2.38 bits per heavy atom. The van der Waals surface area contributed by atoms with E-state index in [-0.39, 0.29) is 10.7 Å². The molecule has 4 rings (SSSR count). The molecule has 3 heterocycles. The summed E-state index contributed by atoms with van der Waals surface area (Å²) >= 11 is 6.00. The molecule has 26 heavy (non-hydrogen) atoms. The fraction of sp³-hybridized carbons (Fsp3) is 0.0556. The first-order valence-corrected chi connectivity index (χ1v) is 7.93. The van der Waals surface area contributed by atoms with Crippen LogP contribution in [0.15, 0.2) is 61.1 Å². The van der Waals surface area contributed by atoms with Crippen LogP contribution < -0.4 is 0 Å². The van der Waals surface area contributed by atoms with Gasteiger partial charge in [-0.25, -0.2) is 9.50 Å². The fourth-order valence-corrected chi connectivity index (χ4v) is 2.83. The van der Waals surface area contributed by atoms with Crippen molar-refractivity contribution >= 4 is 17.2 Å². The van der Waals surface area contributed by atoms with E-state index in [0.29, 0.717) is 11.2 Å². The SMILES string of the molecule is FC(F)(F)c1cnc(-c2cnc3cc(-c4ccccc4)nn3c2)c(Cl)c1. The van der Waals surface area contributed by atoms with Gasteiger partial charge in [0, 0.05) is 35.8 Å². The quantitative estimate of drug-likeness (QED) is 0.488. The summed E-state index contributed by atoms with van der Waals surface area (Å²) in [5, 5.41) is 4.36. The first-order valence-electron chi connectivity index (χ1n) is 7.56. The Bertz CT molecular complexity index is 1090. The van der Waals surface area contributed by atoms with Gasteiger partial charge in [0.1, 0.15) is 0 Å². The number of hydrogen-bond donors (Lipinski definition) is 0. The molecule has 1 aromatic carbocycles. The molecule has 0 radical (unpaired) electrons. The normalized spacial score (nSPS) is 11.8. The monoisotopic (exact) mass is 374 g/mol. The zero-order chi connectivity index (χ0) is 18.3. The van der Waals surface area contributed by atoms with Gasteiger partial charge in [-0.2, -0.15) is 18.3 Å². The summed E-state index contributed by atoms with van der Waals surface area (Å²) in [6.07, 6.45) is -0.600. The summed E-state index contributed by atoms with van der Waals surface area (Å²) in [5.74, 6) is 0. The first kappa shape index (κ1) is 16.5. The van der Waals surface area contributed by atoms with Crippen molar-refractivity contribution in [1.82, 2.24) is 19.6 Å². The molecule has 0 saturated carbocycles. The van der Waals surface area contributed by atoms with Crippen molar-refractivity contribution in [2.75, 3.05) is 0 Å². The molecule has 0 unspecified atom stereocenters. The topological polar surface area (TPSA) is 43.1 Å². The molecule has 8 heteroatoms. The summed E-state index contributed by atoms with van der Waals surface area (Å²) < 4.78 is 39.8. The molecule has 130 valence electrons. The van der Waals surface area contributed by atoms with Crippen molar-refractivity contribution in [1.29, 1.82) is 0 Å². The summed E-state index contributed by atoms with van der Waals surface area (Å²) in [4.78, 5) is 8.15. The highest BCUT2D eigenvalue weighted by Gasteiger charge is 2.31. The van der Waals surface area contributed by atoms with Gasteiger partial charge in [0.05, 0.1) is 22.0 Å². The number of pyridine rings is 1. The second-order valence-corrected chi connectivity index (χ2v) is 6.00. The van der Waals surface area contributed by atoms with Gasteiger partial charge in [-0.1, -0.05) is 41.9 Å². The Balaban J connectivity index is 1.76. The predicted octanol–water partition coefficient (Wildman–Crippen LogP) is 5.13.